The van der Waals surface area contributed by atoms with Crippen molar-refractivity contribution >= 4 is 17.7 Å². The highest BCUT2D eigenvalue weighted by Gasteiger charge is 2.12. The van der Waals surface area contributed by atoms with Gasteiger partial charge in [-0.05, 0) is 50.1 Å². The van der Waals surface area contributed by atoms with Crippen molar-refractivity contribution in [1.82, 2.24) is 5.32 Å². The van der Waals surface area contributed by atoms with E-state index in [1.54, 1.807) is 11.8 Å². The minimum absolute atomic E-state index is 0.0327. The van der Waals surface area contributed by atoms with Crippen molar-refractivity contribution in [1.29, 1.82) is 0 Å². The van der Waals surface area contributed by atoms with Gasteiger partial charge in [-0.2, -0.15) is 0 Å². The van der Waals surface area contributed by atoms with Crippen LogP contribution in [-0.4, -0.2) is 30.9 Å². The molecule has 0 spiro atoms. The normalized spacial score (nSPS) is 10.7. The topological polar surface area (TPSA) is 47.6 Å². The maximum atomic E-state index is 12.6. The summed E-state index contributed by atoms with van der Waals surface area (Å²) in [5.41, 5.74) is 1.84. The predicted molar refractivity (Wildman–Crippen MR) is 112 cm³/mol. The number of amides is 1. The van der Waals surface area contributed by atoms with Gasteiger partial charge in [0, 0.05) is 16.7 Å². The quantitative estimate of drug-likeness (QED) is 0.586. The van der Waals surface area contributed by atoms with Gasteiger partial charge in [-0.25, -0.2) is 0 Å². The minimum atomic E-state index is -0.0327. The lowest BCUT2D eigenvalue weighted by molar-refractivity contribution is 0.0951. The summed E-state index contributed by atoms with van der Waals surface area (Å²) >= 11 is 1.71. The van der Waals surface area contributed by atoms with E-state index in [-0.39, 0.29) is 5.91 Å². The van der Waals surface area contributed by atoms with Crippen LogP contribution in [0, 0.1) is 0 Å². The van der Waals surface area contributed by atoms with Gasteiger partial charge in [0.25, 0.3) is 5.91 Å². The lowest BCUT2D eigenvalue weighted by atomic mass is 10.1. The van der Waals surface area contributed by atoms with Crippen LogP contribution in [0.3, 0.4) is 0 Å². The lowest BCUT2D eigenvalue weighted by Crippen LogP contribution is -2.26. The second-order valence-corrected chi connectivity index (χ2v) is 7.93. The fourth-order valence-corrected chi connectivity index (χ4v) is 3.63. The molecule has 146 valence electrons. The van der Waals surface area contributed by atoms with Gasteiger partial charge < -0.3 is 14.8 Å². The molecule has 27 heavy (non-hydrogen) atoms. The second kappa shape index (κ2) is 10.9. The molecule has 1 amide bonds. The molecule has 4 nitrogen and oxygen atoms in total. The Kier molecular flexibility index (Phi) is 8.52. The molecule has 0 atom stereocenters. The van der Waals surface area contributed by atoms with Gasteiger partial charge in [-0.1, -0.05) is 32.0 Å². The Hall–Kier alpha value is -2.14. The molecule has 0 aromatic heterocycles. The molecule has 0 saturated heterocycles. The van der Waals surface area contributed by atoms with Crippen LogP contribution in [0.25, 0.3) is 0 Å². The van der Waals surface area contributed by atoms with E-state index in [4.69, 9.17) is 9.47 Å². The number of hydrogen-bond acceptors (Lipinski definition) is 4. The zero-order chi connectivity index (χ0) is 19.6. The molecule has 0 unspecified atom stereocenters. The van der Waals surface area contributed by atoms with Crippen LogP contribution in [0.4, 0.5) is 0 Å². The van der Waals surface area contributed by atoms with Crippen molar-refractivity contribution in [2.24, 2.45) is 0 Å². The molecule has 2 aromatic carbocycles. The Labute approximate surface area is 166 Å². The first-order valence-corrected chi connectivity index (χ1v) is 10.4. The van der Waals surface area contributed by atoms with E-state index in [0.29, 0.717) is 25.0 Å². The first-order chi connectivity index (χ1) is 13.0. The molecule has 0 aliphatic carbocycles. The first-order valence-electron chi connectivity index (χ1n) is 9.47. The molecule has 0 aliphatic heterocycles. The van der Waals surface area contributed by atoms with Gasteiger partial charge in [0.2, 0.25) is 0 Å². The van der Waals surface area contributed by atoms with E-state index in [1.165, 1.54) is 0 Å². The number of carbonyl (C=O) groups is 1. The highest BCUT2D eigenvalue weighted by atomic mass is 32.2. The van der Waals surface area contributed by atoms with Crippen LogP contribution < -0.4 is 14.8 Å². The zero-order valence-electron chi connectivity index (χ0n) is 16.6. The average Bonchev–Trinajstić information content (AvgIpc) is 2.64. The van der Waals surface area contributed by atoms with Crippen molar-refractivity contribution < 1.29 is 14.3 Å². The van der Waals surface area contributed by atoms with Gasteiger partial charge in [-0.3, -0.25) is 4.79 Å². The fourth-order valence-electron chi connectivity index (χ4n) is 2.68. The van der Waals surface area contributed by atoms with Crippen LogP contribution in [0.1, 0.15) is 43.6 Å². The number of nitrogens with one attached hydrogen (secondary N) is 1. The number of carbonyl (C=O) groups excluding carboxylic acids is 1. The molecule has 0 bridgehead atoms. The third kappa shape index (κ3) is 6.51. The summed E-state index contributed by atoms with van der Waals surface area (Å²) in [4.78, 5) is 13.6. The van der Waals surface area contributed by atoms with Gasteiger partial charge >= 0.3 is 0 Å². The van der Waals surface area contributed by atoms with Gasteiger partial charge in [0.15, 0.2) is 11.5 Å². The SMILES string of the molecule is CCOc1ccc(CCNC(=O)c2ccccc2SC(C)C)cc1OCC. The number of ether oxygens (including phenoxy) is 2. The summed E-state index contributed by atoms with van der Waals surface area (Å²) in [6.07, 6.45) is 0.734. The second-order valence-electron chi connectivity index (χ2n) is 6.32. The van der Waals surface area contributed by atoms with Crippen LogP contribution in [0.15, 0.2) is 47.4 Å². The Bertz CT molecular complexity index is 746. The average molecular weight is 388 g/mol. The number of thioether (sulfide) groups is 1. The summed E-state index contributed by atoms with van der Waals surface area (Å²) in [6, 6.07) is 13.7. The molecule has 0 radical (unpaired) electrons. The van der Waals surface area contributed by atoms with Crippen LogP contribution >= 0.6 is 11.8 Å². The Morgan fingerprint density at radius 3 is 2.44 bits per heavy atom. The van der Waals surface area contributed by atoms with Crippen LogP contribution in [0.5, 0.6) is 11.5 Å². The van der Waals surface area contributed by atoms with Gasteiger partial charge in [-0.15, -0.1) is 11.8 Å². The van der Waals surface area contributed by atoms with Crippen molar-refractivity contribution in [2.75, 3.05) is 19.8 Å². The summed E-state index contributed by atoms with van der Waals surface area (Å²) in [6.45, 7) is 9.92. The van der Waals surface area contributed by atoms with Crippen molar-refractivity contribution in [3.05, 3.63) is 53.6 Å². The fraction of sp³-hybridized carbons (Fsp3) is 0.409. The van der Waals surface area contributed by atoms with Crippen LogP contribution in [-0.2, 0) is 6.42 Å². The molecule has 0 saturated carbocycles. The maximum absolute atomic E-state index is 12.6. The van der Waals surface area contributed by atoms with Crippen molar-refractivity contribution in [3.8, 4) is 11.5 Å². The molecule has 0 fully saturated rings. The third-order valence-corrected chi connectivity index (χ3v) is 4.88. The smallest absolute Gasteiger partial charge is 0.252 e. The summed E-state index contributed by atoms with van der Waals surface area (Å²) < 4.78 is 11.3. The number of benzene rings is 2. The van der Waals surface area contributed by atoms with Gasteiger partial charge in [0.1, 0.15) is 0 Å². The molecule has 5 heteroatoms. The molecule has 0 heterocycles. The van der Waals surface area contributed by atoms with E-state index >= 15 is 0 Å². The summed E-state index contributed by atoms with van der Waals surface area (Å²) in [5.74, 6) is 1.48. The minimum Gasteiger partial charge on any atom is -0.490 e. The van der Waals surface area contributed by atoms with E-state index in [2.05, 4.69) is 19.2 Å². The largest absolute Gasteiger partial charge is 0.490 e. The molecule has 0 aliphatic rings. The van der Waals surface area contributed by atoms with E-state index in [1.807, 2.05) is 56.3 Å². The first kappa shape index (κ1) is 21.2. The zero-order valence-corrected chi connectivity index (χ0v) is 17.4. The van der Waals surface area contributed by atoms with E-state index in [9.17, 15) is 4.79 Å². The molecular formula is C22H29NO3S. The van der Waals surface area contributed by atoms with Crippen molar-refractivity contribution in [3.63, 3.8) is 0 Å². The Morgan fingerprint density at radius 1 is 1.04 bits per heavy atom. The van der Waals surface area contributed by atoms with E-state index < -0.39 is 0 Å². The van der Waals surface area contributed by atoms with Gasteiger partial charge in [0.05, 0.1) is 18.8 Å². The number of rotatable bonds is 10. The Morgan fingerprint density at radius 2 is 1.74 bits per heavy atom. The maximum Gasteiger partial charge on any atom is 0.252 e. The van der Waals surface area contributed by atoms with Crippen LogP contribution in [0.2, 0.25) is 0 Å². The van der Waals surface area contributed by atoms with Crippen molar-refractivity contribution in [2.45, 2.75) is 44.3 Å². The highest BCUT2D eigenvalue weighted by molar-refractivity contribution is 8.00. The lowest BCUT2D eigenvalue weighted by Gasteiger charge is -2.13. The number of hydrogen-bond donors (Lipinski definition) is 1. The third-order valence-electron chi connectivity index (χ3n) is 3.80. The molecule has 2 aromatic rings. The Balaban J connectivity index is 1.98. The highest BCUT2D eigenvalue weighted by Crippen LogP contribution is 2.29. The standard InChI is InChI=1S/C22H29NO3S/c1-5-25-19-12-11-17(15-20(19)26-6-2)13-14-23-22(24)18-9-7-8-10-21(18)27-16(3)4/h7-12,15-16H,5-6,13-14H2,1-4H3,(H,23,24). The van der Waals surface area contributed by atoms with E-state index in [0.717, 1.165) is 33.9 Å². The molecule has 1 N–H and O–H groups in total. The molecule has 2 rings (SSSR count). The predicted octanol–water partition coefficient (Wildman–Crippen LogP) is 4.96. The summed E-state index contributed by atoms with van der Waals surface area (Å²) in [7, 11) is 0. The summed E-state index contributed by atoms with van der Waals surface area (Å²) in [5, 5.41) is 3.46. The molecular weight excluding hydrogens is 358 g/mol. The monoisotopic (exact) mass is 387 g/mol.